The normalized spacial score (nSPS) is 20.0. The lowest BCUT2D eigenvalue weighted by molar-refractivity contribution is -0.125. The minimum Gasteiger partial charge on any atom is -0.357 e. The van der Waals surface area contributed by atoms with E-state index in [0.717, 1.165) is 55.1 Å². The summed E-state index contributed by atoms with van der Waals surface area (Å²) in [7, 11) is 0. The summed E-state index contributed by atoms with van der Waals surface area (Å²) in [6.07, 6.45) is 8.60. The third kappa shape index (κ3) is 3.13. The molecule has 0 aromatic carbocycles. The van der Waals surface area contributed by atoms with Gasteiger partial charge in [-0.15, -0.1) is 0 Å². The summed E-state index contributed by atoms with van der Waals surface area (Å²) in [5.74, 6) is 1.20. The molecule has 0 unspecified atom stereocenters. The zero-order chi connectivity index (χ0) is 16.4. The molecular formula is C18H23N5O. The van der Waals surface area contributed by atoms with Gasteiger partial charge >= 0.3 is 0 Å². The van der Waals surface area contributed by atoms with Crippen molar-refractivity contribution in [2.75, 3.05) is 18.0 Å². The van der Waals surface area contributed by atoms with E-state index in [1.54, 1.807) is 6.33 Å². The number of carbonyl (C=O) groups is 1. The molecule has 2 aromatic heterocycles. The quantitative estimate of drug-likeness (QED) is 0.899. The Morgan fingerprint density at radius 2 is 2.17 bits per heavy atom. The van der Waals surface area contributed by atoms with E-state index in [2.05, 4.69) is 37.3 Å². The molecule has 1 saturated heterocycles. The van der Waals surface area contributed by atoms with Gasteiger partial charge in [-0.3, -0.25) is 4.79 Å². The molecule has 0 spiro atoms. The van der Waals surface area contributed by atoms with Crippen LogP contribution < -0.4 is 10.2 Å². The van der Waals surface area contributed by atoms with Crippen LogP contribution in [0.4, 0.5) is 5.82 Å². The fraction of sp³-hybridized carbons (Fsp3) is 0.500. The summed E-state index contributed by atoms with van der Waals surface area (Å²) in [6.45, 7) is 2.74. The number of H-pyrrole nitrogens is 1. The van der Waals surface area contributed by atoms with E-state index in [1.807, 2.05) is 6.20 Å². The highest BCUT2D eigenvalue weighted by atomic mass is 16.1. The van der Waals surface area contributed by atoms with Gasteiger partial charge in [0.25, 0.3) is 0 Å². The lowest BCUT2D eigenvalue weighted by Crippen LogP contribution is -2.33. The highest BCUT2D eigenvalue weighted by molar-refractivity contribution is 5.79. The van der Waals surface area contributed by atoms with Crippen molar-refractivity contribution >= 4 is 11.7 Å². The highest BCUT2D eigenvalue weighted by Gasteiger charge is 2.25. The summed E-state index contributed by atoms with van der Waals surface area (Å²) in [6, 6.07) is 4.12. The first-order chi connectivity index (χ1) is 11.8. The van der Waals surface area contributed by atoms with Gasteiger partial charge in [-0.25, -0.2) is 9.97 Å². The number of rotatable bonds is 4. The molecule has 1 aliphatic heterocycles. The number of imidazole rings is 1. The van der Waals surface area contributed by atoms with E-state index in [9.17, 15) is 4.79 Å². The van der Waals surface area contributed by atoms with E-state index in [1.165, 1.54) is 12.8 Å². The van der Waals surface area contributed by atoms with Crippen molar-refractivity contribution in [1.29, 1.82) is 0 Å². The minimum absolute atomic E-state index is 0.0368. The van der Waals surface area contributed by atoms with Crippen LogP contribution in [0.2, 0.25) is 0 Å². The smallest absolute Gasteiger partial charge is 0.223 e. The summed E-state index contributed by atoms with van der Waals surface area (Å²) in [5, 5.41) is 3.05. The number of fused-ring (bicyclic) bond motifs is 1. The van der Waals surface area contributed by atoms with Crippen molar-refractivity contribution in [3.8, 4) is 0 Å². The Labute approximate surface area is 141 Å². The molecule has 3 heterocycles. The second kappa shape index (κ2) is 6.63. The first-order valence-corrected chi connectivity index (χ1v) is 8.78. The maximum absolute atomic E-state index is 12.4. The third-order valence-electron chi connectivity index (χ3n) is 5.06. The number of aryl methyl sites for hydroxylation is 1. The molecule has 24 heavy (non-hydrogen) atoms. The third-order valence-corrected chi connectivity index (χ3v) is 5.06. The van der Waals surface area contributed by atoms with Crippen LogP contribution in [-0.2, 0) is 24.2 Å². The minimum atomic E-state index is 0.0368. The van der Waals surface area contributed by atoms with Crippen molar-refractivity contribution in [1.82, 2.24) is 20.3 Å². The summed E-state index contributed by atoms with van der Waals surface area (Å²) < 4.78 is 0. The molecule has 1 amide bonds. The van der Waals surface area contributed by atoms with Gasteiger partial charge in [-0.2, -0.15) is 0 Å². The number of nitrogens with one attached hydrogen (secondary N) is 2. The molecule has 1 aliphatic carbocycles. The van der Waals surface area contributed by atoms with Gasteiger partial charge in [0.2, 0.25) is 5.91 Å². The van der Waals surface area contributed by atoms with E-state index < -0.39 is 0 Å². The number of pyridine rings is 1. The van der Waals surface area contributed by atoms with Crippen LogP contribution in [0.3, 0.4) is 0 Å². The molecule has 126 valence electrons. The van der Waals surface area contributed by atoms with Gasteiger partial charge in [-0.05, 0) is 37.3 Å². The van der Waals surface area contributed by atoms with Crippen LogP contribution in [-0.4, -0.2) is 33.9 Å². The van der Waals surface area contributed by atoms with Crippen LogP contribution in [0.1, 0.15) is 36.2 Å². The first kappa shape index (κ1) is 15.2. The van der Waals surface area contributed by atoms with Crippen LogP contribution in [0.5, 0.6) is 0 Å². The maximum atomic E-state index is 12.4. The lowest BCUT2D eigenvalue weighted by Gasteiger charge is -2.21. The summed E-state index contributed by atoms with van der Waals surface area (Å²) in [5.41, 5.74) is 3.27. The maximum Gasteiger partial charge on any atom is 0.223 e. The Morgan fingerprint density at radius 1 is 1.29 bits per heavy atom. The van der Waals surface area contributed by atoms with Gasteiger partial charge in [0.05, 0.1) is 12.0 Å². The van der Waals surface area contributed by atoms with Gasteiger partial charge in [0.15, 0.2) is 0 Å². The van der Waals surface area contributed by atoms with Crippen molar-refractivity contribution in [2.45, 2.75) is 38.6 Å². The summed E-state index contributed by atoms with van der Waals surface area (Å²) >= 11 is 0. The molecule has 2 N–H and O–H groups in total. The van der Waals surface area contributed by atoms with E-state index in [-0.39, 0.29) is 11.8 Å². The SMILES string of the molecule is O=C(NCc1ccc(N2CCCC2)nc1)[C@@H]1CCc2nc[nH]c2C1. The molecule has 2 aromatic rings. The van der Waals surface area contributed by atoms with Crippen LogP contribution >= 0.6 is 0 Å². The largest absolute Gasteiger partial charge is 0.357 e. The van der Waals surface area contributed by atoms with Crippen LogP contribution in [0, 0.1) is 5.92 Å². The second-order valence-electron chi connectivity index (χ2n) is 6.70. The van der Waals surface area contributed by atoms with E-state index in [4.69, 9.17) is 0 Å². The number of hydrogen-bond acceptors (Lipinski definition) is 4. The molecule has 6 nitrogen and oxygen atoms in total. The molecule has 0 saturated carbocycles. The van der Waals surface area contributed by atoms with Crippen LogP contribution in [0.25, 0.3) is 0 Å². The highest BCUT2D eigenvalue weighted by Crippen LogP contribution is 2.23. The number of carbonyl (C=O) groups excluding carboxylic acids is 1. The van der Waals surface area contributed by atoms with Gasteiger partial charge in [0.1, 0.15) is 5.82 Å². The van der Waals surface area contributed by atoms with Crippen LogP contribution in [0.15, 0.2) is 24.7 Å². The van der Waals surface area contributed by atoms with Crippen molar-refractivity contribution in [3.05, 3.63) is 41.6 Å². The second-order valence-corrected chi connectivity index (χ2v) is 6.70. The van der Waals surface area contributed by atoms with Crippen molar-refractivity contribution in [3.63, 3.8) is 0 Å². The number of aromatic nitrogens is 3. The van der Waals surface area contributed by atoms with E-state index >= 15 is 0 Å². The van der Waals surface area contributed by atoms with E-state index in [0.29, 0.717) is 6.54 Å². The Balaban J connectivity index is 1.31. The number of nitrogens with zero attached hydrogens (tertiary/aromatic N) is 3. The molecule has 6 heteroatoms. The number of amides is 1. The fourth-order valence-corrected chi connectivity index (χ4v) is 3.61. The zero-order valence-electron chi connectivity index (χ0n) is 13.8. The Morgan fingerprint density at radius 3 is 2.96 bits per heavy atom. The van der Waals surface area contributed by atoms with Gasteiger partial charge < -0.3 is 15.2 Å². The molecular weight excluding hydrogens is 302 g/mol. The first-order valence-electron chi connectivity index (χ1n) is 8.78. The molecule has 0 radical (unpaired) electrons. The lowest BCUT2D eigenvalue weighted by atomic mass is 9.89. The van der Waals surface area contributed by atoms with Gasteiger partial charge in [0, 0.05) is 43.9 Å². The monoisotopic (exact) mass is 325 g/mol. The number of hydrogen-bond donors (Lipinski definition) is 2. The summed E-state index contributed by atoms with van der Waals surface area (Å²) in [4.78, 5) is 26.7. The Bertz CT molecular complexity index is 702. The molecule has 1 fully saturated rings. The predicted octanol–water partition coefficient (Wildman–Crippen LogP) is 1.83. The average molecular weight is 325 g/mol. The fourth-order valence-electron chi connectivity index (χ4n) is 3.61. The number of aromatic amines is 1. The van der Waals surface area contributed by atoms with Crippen molar-refractivity contribution in [2.24, 2.45) is 5.92 Å². The molecule has 0 bridgehead atoms. The predicted molar refractivity (Wildman–Crippen MR) is 91.6 cm³/mol. The number of anilines is 1. The van der Waals surface area contributed by atoms with Gasteiger partial charge in [-0.1, -0.05) is 6.07 Å². The Hall–Kier alpha value is -2.37. The molecule has 1 atom stereocenters. The standard InChI is InChI=1S/C18H23N5O/c24-18(14-4-5-15-16(9-14)22-12-21-15)20-11-13-3-6-17(19-10-13)23-7-1-2-8-23/h3,6,10,12,14H,1-2,4-5,7-9,11H2,(H,20,24)(H,21,22)/t14-/m1/s1. The topological polar surface area (TPSA) is 73.9 Å². The average Bonchev–Trinajstić information content (AvgIpc) is 3.30. The molecule has 4 rings (SSSR count). The molecule has 2 aliphatic rings. The zero-order valence-corrected chi connectivity index (χ0v) is 13.8. The van der Waals surface area contributed by atoms with Crippen molar-refractivity contribution < 1.29 is 4.79 Å². The Kier molecular flexibility index (Phi) is 4.19.